The summed E-state index contributed by atoms with van der Waals surface area (Å²) in [5.74, 6) is -0.858. The van der Waals surface area contributed by atoms with Crippen molar-refractivity contribution in [3.63, 3.8) is 0 Å². The number of hydrogen-bond acceptors (Lipinski definition) is 6. The number of halogens is 1. The van der Waals surface area contributed by atoms with Gasteiger partial charge in [0.2, 0.25) is 5.91 Å². The zero-order chi connectivity index (χ0) is 29.7. The molecule has 212 valence electrons. The van der Waals surface area contributed by atoms with E-state index in [0.29, 0.717) is 46.7 Å². The Balaban J connectivity index is 1.60. The highest BCUT2D eigenvalue weighted by atomic mass is 19.1. The number of ether oxygens (including phenoxy) is 1. The van der Waals surface area contributed by atoms with Gasteiger partial charge in [-0.2, -0.15) is 9.67 Å². The maximum atomic E-state index is 14.7. The van der Waals surface area contributed by atoms with Crippen molar-refractivity contribution in [2.24, 2.45) is 5.73 Å². The van der Waals surface area contributed by atoms with Crippen LogP contribution in [0.3, 0.4) is 0 Å². The number of amides is 2. The van der Waals surface area contributed by atoms with E-state index in [4.69, 9.17) is 10.5 Å². The summed E-state index contributed by atoms with van der Waals surface area (Å²) in [5.41, 5.74) is 12.9. The highest BCUT2D eigenvalue weighted by Crippen LogP contribution is 2.29. The van der Waals surface area contributed by atoms with Gasteiger partial charge in [0.1, 0.15) is 24.0 Å². The quantitative estimate of drug-likeness (QED) is 0.178. The lowest BCUT2D eigenvalue weighted by Gasteiger charge is -2.36. The topological polar surface area (TPSA) is 117 Å². The Kier molecular flexibility index (Phi) is 9.07. The smallest absolute Gasteiger partial charge is 0.414 e. The van der Waals surface area contributed by atoms with Crippen molar-refractivity contribution in [1.82, 2.24) is 20.1 Å². The van der Waals surface area contributed by atoms with E-state index in [-0.39, 0.29) is 25.0 Å². The van der Waals surface area contributed by atoms with Gasteiger partial charge in [0, 0.05) is 47.6 Å². The summed E-state index contributed by atoms with van der Waals surface area (Å²) < 4.78 is 21.5. The van der Waals surface area contributed by atoms with Crippen LogP contribution in [0.1, 0.15) is 42.3 Å². The Morgan fingerprint density at radius 1 is 1.34 bits per heavy atom. The number of nitrogens with one attached hydrogen (secondary N) is 1. The van der Waals surface area contributed by atoms with E-state index < -0.39 is 17.8 Å². The van der Waals surface area contributed by atoms with E-state index in [2.05, 4.69) is 34.2 Å². The molecule has 0 aliphatic carbocycles. The number of benzene rings is 1. The van der Waals surface area contributed by atoms with Crippen LogP contribution in [-0.2, 0) is 16.1 Å². The summed E-state index contributed by atoms with van der Waals surface area (Å²) in [4.78, 5) is 31.9. The van der Waals surface area contributed by atoms with Crippen molar-refractivity contribution in [3.8, 4) is 17.0 Å². The number of rotatable bonds is 9. The number of aryl methyl sites for hydroxylation is 1. The molecule has 0 saturated carbocycles. The van der Waals surface area contributed by atoms with Gasteiger partial charge in [-0.3, -0.25) is 19.8 Å². The summed E-state index contributed by atoms with van der Waals surface area (Å²) in [6.07, 6.45) is 6.04. The maximum Gasteiger partial charge on any atom is 0.414 e. The number of pyridine rings is 1. The highest BCUT2D eigenvalue weighted by Gasteiger charge is 2.39. The molecule has 1 aromatic carbocycles. The van der Waals surface area contributed by atoms with Crippen LogP contribution in [0.25, 0.3) is 23.4 Å². The van der Waals surface area contributed by atoms with E-state index in [1.807, 2.05) is 19.1 Å². The molecule has 0 spiro atoms. The first-order chi connectivity index (χ1) is 19.6. The number of carbonyl (C=O) groups is 2. The second kappa shape index (κ2) is 12.7. The predicted molar refractivity (Wildman–Crippen MR) is 156 cm³/mol. The van der Waals surface area contributed by atoms with Gasteiger partial charge in [0.15, 0.2) is 6.04 Å². The average Bonchev–Trinajstić information content (AvgIpc) is 3.35. The Morgan fingerprint density at radius 2 is 2.12 bits per heavy atom. The van der Waals surface area contributed by atoms with Gasteiger partial charge >= 0.3 is 5.91 Å². The van der Waals surface area contributed by atoms with E-state index >= 15 is 0 Å². The third-order valence-electron chi connectivity index (χ3n) is 7.29. The zero-order valence-corrected chi connectivity index (χ0v) is 23.5. The molecule has 9 nitrogen and oxygen atoms in total. The number of nitrogens with zero attached hydrogens (tertiary/aromatic N) is 4. The van der Waals surface area contributed by atoms with Crippen molar-refractivity contribution in [3.05, 3.63) is 82.7 Å². The standard InChI is InChI=1S/C31H33FN6O3/c1-6-8-26-23(29(36-35-26)21-13-14-34-20(3)16-21)15-19(2)31(40)37(4)22-11-12-27(30(33)39)38(17-22)18-24-25(32)9-7-10-28(24)41-5/h7-10,13-16,22,27H,1,4,11-12,17-18H2,2-3,5H3,(H2-,33,34,35,36,39,40)/p+1. The number of likely N-dealkylation sites (tertiary alicyclic amines) is 1. The van der Waals surface area contributed by atoms with Crippen molar-refractivity contribution < 1.29 is 23.3 Å². The number of aromatic nitrogens is 3. The maximum absolute atomic E-state index is 14.7. The highest BCUT2D eigenvalue weighted by molar-refractivity contribution is 5.94. The molecule has 3 N–H and O–H groups in total. The van der Waals surface area contributed by atoms with Gasteiger partial charge in [0.25, 0.3) is 0 Å². The molecule has 41 heavy (non-hydrogen) atoms. The molecule has 2 aromatic heterocycles. The lowest BCUT2D eigenvalue weighted by atomic mass is 9.95. The minimum atomic E-state index is -0.610. The molecule has 1 aliphatic rings. The number of aromatic amines is 1. The van der Waals surface area contributed by atoms with E-state index in [9.17, 15) is 14.0 Å². The van der Waals surface area contributed by atoms with Gasteiger partial charge in [-0.1, -0.05) is 12.6 Å². The Bertz CT molecular complexity index is 1570. The summed E-state index contributed by atoms with van der Waals surface area (Å²) in [6, 6.07) is 7.39. The third kappa shape index (κ3) is 6.40. The first-order valence-corrected chi connectivity index (χ1v) is 13.2. The number of piperidine rings is 1. The zero-order valence-electron chi connectivity index (χ0n) is 23.5. The van der Waals surface area contributed by atoms with Crippen LogP contribution >= 0.6 is 0 Å². The van der Waals surface area contributed by atoms with Crippen LogP contribution in [-0.4, -0.2) is 68.9 Å². The van der Waals surface area contributed by atoms with Gasteiger partial charge in [-0.15, -0.1) is 5.73 Å². The summed E-state index contributed by atoms with van der Waals surface area (Å²) >= 11 is 0. The fraction of sp³-hybridized carbons (Fsp3) is 0.290. The van der Waals surface area contributed by atoms with E-state index in [1.165, 1.54) is 17.8 Å². The van der Waals surface area contributed by atoms with E-state index in [1.54, 1.807) is 42.3 Å². The van der Waals surface area contributed by atoms with Gasteiger partial charge in [-0.05, 0) is 50.6 Å². The van der Waals surface area contributed by atoms with Crippen LogP contribution in [0.2, 0.25) is 0 Å². The minimum absolute atomic E-state index is 0.0950. The van der Waals surface area contributed by atoms with Crippen molar-refractivity contribution in [1.29, 1.82) is 0 Å². The number of hydrogen-bond donors (Lipinski definition) is 2. The summed E-state index contributed by atoms with van der Waals surface area (Å²) in [5, 5.41) is 7.44. The first kappa shape index (κ1) is 29.3. The number of methoxy groups -OCH3 is 1. The molecule has 2 unspecified atom stereocenters. The summed E-state index contributed by atoms with van der Waals surface area (Å²) in [7, 11) is 1.46. The predicted octanol–water partition coefficient (Wildman–Crippen LogP) is 3.89. The lowest BCUT2D eigenvalue weighted by molar-refractivity contribution is -0.482. The van der Waals surface area contributed by atoms with Crippen LogP contribution in [0.15, 0.2) is 54.4 Å². The molecule has 1 saturated heterocycles. The van der Waals surface area contributed by atoms with Crippen LogP contribution < -0.4 is 10.5 Å². The molecule has 1 fully saturated rings. The first-order valence-electron chi connectivity index (χ1n) is 13.2. The molecule has 2 atom stereocenters. The number of carbonyl (C=O) groups excluding carboxylic acids is 2. The normalized spacial score (nSPS) is 17.5. The molecule has 2 amide bonds. The largest absolute Gasteiger partial charge is 0.496 e. The van der Waals surface area contributed by atoms with Gasteiger partial charge in [0.05, 0.1) is 31.0 Å². The molecule has 10 heteroatoms. The molecule has 1 aliphatic heterocycles. The van der Waals surface area contributed by atoms with E-state index in [0.717, 1.165) is 11.3 Å². The van der Waals surface area contributed by atoms with Crippen molar-refractivity contribution >= 4 is 30.7 Å². The second-order valence-corrected chi connectivity index (χ2v) is 10.0. The summed E-state index contributed by atoms with van der Waals surface area (Å²) in [6.45, 7) is 11.7. The Labute approximate surface area is 238 Å². The number of H-pyrrole nitrogens is 1. The molecule has 0 radical (unpaired) electrons. The molecular formula is C31H34FN6O3+. The SMILES string of the molecule is C=C=Cc1[nH]nc(-c2ccnc(C)c2)c1C=C(C)C(=O)[N+](=C)C1CCC(C(N)=O)N(Cc2c(F)cccc2OC)C1. The Hall–Kier alpha value is -4.66. The van der Waals surface area contributed by atoms with Gasteiger partial charge in [-0.25, -0.2) is 9.18 Å². The molecule has 3 aromatic rings. The molecule has 3 heterocycles. The Morgan fingerprint density at radius 3 is 2.80 bits per heavy atom. The monoisotopic (exact) mass is 557 g/mol. The number of primary amides is 1. The van der Waals surface area contributed by atoms with Crippen LogP contribution in [0.5, 0.6) is 5.75 Å². The van der Waals surface area contributed by atoms with Crippen molar-refractivity contribution in [2.45, 2.75) is 45.3 Å². The van der Waals surface area contributed by atoms with Crippen LogP contribution in [0, 0.1) is 12.7 Å². The third-order valence-corrected chi connectivity index (χ3v) is 7.29. The van der Waals surface area contributed by atoms with Crippen LogP contribution in [0.4, 0.5) is 4.39 Å². The molecular weight excluding hydrogens is 523 g/mol. The average molecular weight is 558 g/mol. The fourth-order valence-corrected chi connectivity index (χ4v) is 5.17. The minimum Gasteiger partial charge on any atom is -0.496 e. The molecule has 0 bridgehead atoms. The van der Waals surface area contributed by atoms with Crippen molar-refractivity contribution in [2.75, 3.05) is 13.7 Å². The number of nitrogens with two attached hydrogens (primary N) is 1. The second-order valence-electron chi connectivity index (χ2n) is 10.0. The fourth-order valence-electron chi connectivity index (χ4n) is 5.17. The lowest BCUT2D eigenvalue weighted by Crippen LogP contribution is -2.54. The van der Waals surface area contributed by atoms with Gasteiger partial charge < -0.3 is 10.5 Å². The molecule has 4 rings (SSSR count).